The molecule has 164 valence electrons. The second-order valence-electron chi connectivity index (χ2n) is 6.57. The van der Waals surface area contributed by atoms with E-state index >= 15 is 0 Å². The Morgan fingerprint density at radius 2 is 1.84 bits per heavy atom. The van der Waals surface area contributed by atoms with Crippen molar-refractivity contribution in [2.45, 2.75) is 18.1 Å². The van der Waals surface area contributed by atoms with Crippen molar-refractivity contribution in [3.05, 3.63) is 71.8 Å². The molecule has 0 atom stereocenters. The lowest BCUT2D eigenvalue weighted by molar-refractivity contribution is -0.414. The number of nitriles is 1. The van der Waals surface area contributed by atoms with Crippen LogP contribution in [0.25, 0.3) is 11.3 Å². The summed E-state index contributed by atoms with van der Waals surface area (Å²) in [6.45, 7) is 2.29. The number of carbonyl (C=O) groups excluding carboxylic acids is 1. The van der Waals surface area contributed by atoms with Crippen LogP contribution in [-0.4, -0.2) is 18.3 Å². The zero-order valence-electron chi connectivity index (χ0n) is 17.0. The molecule has 32 heavy (non-hydrogen) atoms. The van der Waals surface area contributed by atoms with E-state index in [1.165, 1.54) is 0 Å². The van der Waals surface area contributed by atoms with Gasteiger partial charge in [0.25, 0.3) is 5.03 Å². The lowest BCUT2D eigenvalue weighted by Crippen LogP contribution is -2.21. The fourth-order valence-corrected chi connectivity index (χ4v) is 3.74. The number of H-pyrrole nitrogens is 1. The molecule has 1 heterocycles. The number of hydrogen-bond donors (Lipinski definition) is 1. The molecule has 9 heteroatoms. The molecule has 0 spiro atoms. The Balaban J connectivity index is 1.92. The molecule has 2 aromatic carbocycles. The lowest BCUT2D eigenvalue weighted by atomic mass is 10.1. The van der Waals surface area contributed by atoms with Crippen LogP contribution in [0.5, 0.6) is 5.75 Å². The molecule has 0 saturated carbocycles. The first kappa shape index (κ1) is 23.2. The number of nitrogens with one attached hydrogen (secondary N) is 2. The van der Waals surface area contributed by atoms with Gasteiger partial charge in [0.2, 0.25) is 11.6 Å². The molecule has 3 rings (SSSR count). The number of rotatable bonds is 7. The number of thioether (sulfide) groups is 1. The maximum absolute atomic E-state index is 13.7. The van der Waals surface area contributed by atoms with Crippen LogP contribution in [0.4, 0.5) is 18.9 Å². The number of aromatic amines is 1. The van der Waals surface area contributed by atoms with Crippen LogP contribution in [-0.2, 0) is 11.0 Å². The Kier molecular flexibility index (Phi) is 7.38. The molecule has 5 nitrogen and oxygen atoms in total. The van der Waals surface area contributed by atoms with Crippen LogP contribution in [0.1, 0.15) is 18.1 Å². The first-order valence-electron chi connectivity index (χ1n) is 9.60. The summed E-state index contributed by atoms with van der Waals surface area (Å²) < 4.78 is 46.4. The standard InChI is InChI=1S/C23H18F3N3O2S/c1-2-31-17-10-8-15(9-11-17)20-12-19(23(24,25)26)18(13-27)22(29-20)32-14-21(30)28-16-6-4-3-5-7-16/h3-12H,2,14H2,1H3,(H,28,30)/p+1. The van der Waals surface area contributed by atoms with Crippen LogP contribution in [0.15, 0.2) is 65.7 Å². The van der Waals surface area contributed by atoms with Crippen molar-refractivity contribution in [1.82, 2.24) is 0 Å². The minimum absolute atomic E-state index is 0.0329. The molecule has 0 fully saturated rings. The van der Waals surface area contributed by atoms with Gasteiger partial charge in [0.1, 0.15) is 17.4 Å². The third-order valence-electron chi connectivity index (χ3n) is 4.33. The Labute approximate surface area is 187 Å². The first-order chi connectivity index (χ1) is 15.3. The monoisotopic (exact) mass is 458 g/mol. The zero-order valence-corrected chi connectivity index (χ0v) is 17.8. The van der Waals surface area contributed by atoms with Crippen LogP contribution in [0.2, 0.25) is 0 Å². The number of carbonyl (C=O) groups is 1. The smallest absolute Gasteiger partial charge is 0.418 e. The molecule has 3 aromatic rings. The van der Waals surface area contributed by atoms with E-state index in [2.05, 4.69) is 10.3 Å². The number of halogens is 3. The van der Waals surface area contributed by atoms with Crippen LogP contribution in [0.3, 0.4) is 0 Å². The second-order valence-corrected chi connectivity index (χ2v) is 7.56. The van der Waals surface area contributed by atoms with Crippen molar-refractivity contribution in [3.63, 3.8) is 0 Å². The van der Waals surface area contributed by atoms with Gasteiger partial charge in [-0.2, -0.15) is 23.4 Å². The third kappa shape index (κ3) is 5.80. The van der Waals surface area contributed by atoms with E-state index in [4.69, 9.17) is 4.74 Å². The molecular formula is C23H19F3N3O2S+. The molecule has 1 amide bonds. The topological polar surface area (TPSA) is 76.3 Å². The highest BCUT2D eigenvalue weighted by Crippen LogP contribution is 2.36. The number of ether oxygens (including phenoxy) is 1. The second kappa shape index (κ2) is 10.2. The zero-order chi connectivity index (χ0) is 23.1. The van der Waals surface area contributed by atoms with Gasteiger partial charge in [0.15, 0.2) is 0 Å². The SMILES string of the molecule is CCOc1ccc(-c2cc(C(F)(F)F)c(C#N)c(SCC(=O)Nc3ccccc3)[nH+]2)cc1. The molecule has 0 aliphatic carbocycles. The molecule has 2 N–H and O–H groups in total. The molecule has 0 aliphatic heterocycles. The van der Waals surface area contributed by atoms with E-state index in [-0.39, 0.29) is 16.5 Å². The number of anilines is 1. The summed E-state index contributed by atoms with van der Waals surface area (Å²) in [4.78, 5) is 15.1. The van der Waals surface area contributed by atoms with Crippen molar-refractivity contribution in [1.29, 1.82) is 5.26 Å². The number of amides is 1. The summed E-state index contributed by atoms with van der Waals surface area (Å²) >= 11 is 0.835. The van der Waals surface area contributed by atoms with Crippen molar-refractivity contribution in [3.8, 4) is 23.1 Å². The van der Waals surface area contributed by atoms with Gasteiger partial charge in [-0.05, 0) is 55.1 Å². The predicted molar refractivity (Wildman–Crippen MR) is 115 cm³/mol. The van der Waals surface area contributed by atoms with Gasteiger partial charge in [0.05, 0.1) is 17.9 Å². The number of aromatic nitrogens is 1. The average Bonchev–Trinajstić information content (AvgIpc) is 2.78. The van der Waals surface area contributed by atoms with Gasteiger partial charge < -0.3 is 10.1 Å². The quantitative estimate of drug-likeness (QED) is 0.495. The summed E-state index contributed by atoms with van der Waals surface area (Å²) in [5.41, 5.74) is -0.385. The number of alkyl halides is 3. The summed E-state index contributed by atoms with van der Waals surface area (Å²) in [6, 6.07) is 17.8. The molecule has 0 saturated heterocycles. The van der Waals surface area contributed by atoms with Crippen molar-refractivity contribution < 1.29 is 27.7 Å². The summed E-state index contributed by atoms with van der Waals surface area (Å²) in [7, 11) is 0. The van der Waals surface area contributed by atoms with Gasteiger partial charge in [-0.15, -0.1) is 0 Å². The van der Waals surface area contributed by atoms with Gasteiger partial charge in [-0.1, -0.05) is 18.2 Å². The lowest BCUT2D eigenvalue weighted by Gasteiger charge is -2.11. The van der Waals surface area contributed by atoms with Crippen molar-refractivity contribution in [2.75, 3.05) is 17.7 Å². The average molecular weight is 458 g/mol. The molecule has 0 aliphatic rings. The number of benzene rings is 2. The van der Waals surface area contributed by atoms with Crippen LogP contribution in [0, 0.1) is 11.3 Å². The summed E-state index contributed by atoms with van der Waals surface area (Å²) in [6.07, 6.45) is -4.73. The number of pyridine rings is 1. The van der Waals surface area contributed by atoms with E-state index < -0.39 is 23.2 Å². The Morgan fingerprint density at radius 1 is 1.16 bits per heavy atom. The normalized spacial score (nSPS) is 11.0. The molecule has 1 aromatic heterocycles. The number of hydrogen-bond acceptors (Lipinski definition) is 4. The van der Waals surface area contributed by atoms with Gasteiger partial charge in [-0.3, -0.25) is 4.79 Å². The van der Waals surface area contributed by atoms with E-state index in [1.54, 1.807) is 60.7 Å². The minimum Gasteiger partial charge on any atom is -0.494 e. The van der Waals surface area contributed by atoms with E-state index in [0.29, 0.717) is 23.6 Å². The molecule has 0 bridgehead atoms. The Hall–Kier alpha value is -3.51. The van der Waals surface area contributed by atoms with E-state index in [1.807, 2.05) is 6.92 Å². The van der Waals surface area contributed by atoms with E-state index in [9.17, 15) is 23.2 Å². The number of para-hydroxylation sites is 1. The third-order valence-corrected chi connectivity index (χ3v) is 5.33. The summed E-state index contributed by atoms with van der Waals surface area (Å²) in [5, 5.41) is 12.1. The Morgan fingerprint density at radius 3 is 2.44 bits per heavy atom. The highest BCUT2D eigenvalue weighted by atomic mass is 32.2. The maximum atomic E-state index is 13.7. The largest absolute Gasteiger partial charge is 0.494 e. The van der Waals surface area contributed by atoms with Gasteiger partial charge in [0, 0.05) is 17.3 Å². The maximum Gasteiger partial charge on any atom is 0.418 e. The highest BCUT2D eigenvalue weighted by molar-refractivity contribution is 7.99. The van der Waals surface area contributed by atoms with Gasteiger partial charge in [-0.25, -0.2) is 0 Å². The van der Waals surface area contributed by atoms with Crippen LogP contribution >= 0.6 is 11.8 Å². The van der Waals surface area contributed by atoms with Crippen molar-refractivity contribution >= 4 is 23.4 Å². The first-order valence-corrected chi connectivity index (χ1v) is 10.6. The molecular weight excluding hydrogens is 439 g/mol. The van der Waals surface area contributed by atoms with Crippen molar-refractivity contribution in [2.24, 2.45) is 0 Å². The highest BCUT2D eigenvalue weighted by Gasteiger charge is 2.38. The minimum atomic E-state index is -4.73. The fraction of sp³-hybridized carbons (Fsp3) is 0.174. The molecule has 0 unspecified atom stereocenters. The van der Waals surface area contributed by atoms with E-state index in [0.717, 1.165) is 17.8 Å². The predicted octanol–water partition coefficient (Wildman–Crippen LogP) is 5.19. The summed E-state index contributed by atoms with van der Waals surface area (Å²) in [5.74, 6) is 0.0102. The Bertz CT molecular complexity index is 1130. The van der Waals surface area contributed by atoms with Gasteiger partial charge >= 0.3 is 6.18 Å². The number of nitrogens with zero attached hydrogens (tertiary/aromatic N) is 1. The fourth-order valence-electron chi connectivity index (χ4n) is 2.91. The molecule has 0 radical (unpaired) electrons. The van der Waals surface area contributed by atoms with Crippen LogP contribution < -0.4 is 15.0 Å².